The van der Waals surface area contributed by atoms with Crippen LogP contribution in [0.25, 0.3) is 10.9 Å². The lowest BCUT2D eigenvalue weighted by Gasteiger charge is -2.19. The van der Waals surface area contributed by atoms with Crippen molar-refractivity contribution in [3.05, 3.63) is 30.0 Å². The van der Waals surface area contributed by atoms with E-state index in [4.69, 9.17) is 16.3 Å². The Labute approximate surface area is 177 Å². The van der Waals surface area contributed by atoms with Gasteiger partial charge in [-0.2, -0.15) is 0 Å². The fourth-order valence-corrected chi connectivity index (χ4v) is 3.63. The molecule has 3 amide bonds. The molecule has 0 saturated carbocycles. The van der Waals surface area contributed by atoms with Gasteiger partial charge in [0.15, 0.2) is 5.78 Å². The minimum atomic E-state index is -0.877. The van der Waals surface area contributed by atoms with Crippen LogP contribution in [0.15, 0.2) is 24.3 Å². The van der Waals surface area contributed by atoms with E-state index in [1.165, 1.54) is 0 Å². The minimum absolute atomic E-state index is 0.140. The molecule has 4 N–H and O–H groups in total. The normalized spacial score (nSPS) is 16.7. The number of amides is 3. The highest BCUT2D eigenvalue weighted by Crippen LogP contribution is 2.25. The van der Waals surface area contributed by atoms with Crippen LogP contribution in [0.1, 0.15) is 23.3 Å². The van der Waals surface area contributed by atoms with Crippen molar-refractivity contribution in [2.45, 2.75) is 18.9 Å². The molecule has 0 spiro atoms. The van der Waals surface area contributed by atoms with E-state index in [9.17, 15) is 19.2 Å². The van der Waals surface area contributed by atoms with Gasteiger partial charge in [0.25, 0.3) is 5.91 Å². The van der Waals surface area contributed by atoms with Crippen molar-refractivity contribution in [3.8, 4) is 5.75 Å². The summed E-state index contributed by atoms with van der Waals surface area (Å²) in [7, 11) is 1.54. The predicted molar refractivity (Wildman–Crippen MR) is 111 cm³/mol. The van der Waals surface area contributed by atoms with Crippen molar-refractivity contribution in [2.75, 3.05) is 26.1 Å². The van der Waals surface area contributed by atoms with Crippen molar-refractivity contribution in [1.82, 2.24) is 20.9 Å². The SMILES string of the molecule is COc1cccc2[nH]c(C(=O)NCC(=O)N[C@@H](C[C@@H]3CCNC3=O)C(=O)CCl)cc12. The molecule has 2 heterocycles. The molecule has 1 fully saturated rings. The Balaban J connectivity index is 1.58. The Morgan fingerprint density at radius 3 is 2.80 bits per heavy atom. The average Bonchev–Trinajstić information content (AvgIpc) is 3.36. The van der Waals surface area contributed by atoms with E-state index in [0.29, 0.717) is 18.7 Å². The first-order chi connectivity index (χ1) is 14.4. The molecule has 0 bridgehead atoms. The number of ether oxygens (including phenoxy) is 1. The summed E-state index contributed by atoms with van der Waals surface area (Å²) >= 11 is 5.64. The number of nitrogens with one attached hydrogen (secondary N) is 4. The molecule has 160 valence electrons. The topological polar surface area (TPSA) is 129 Å². The molecule has 1 aromatic heterocycles. The van der Waals surface area contributed by atoms with E-state index in [0.717, 1.165) is 10.9 Å². The summed E-state index contributed by atoms with van der Waals surface area (Å²) in [6.07, 6.45) is 0.778. The number of Topliss-reactive ketones (excluding diaryl/α,β-unsaturated/α-hetero) is 1. The number of aromatic amines is 1. The van der Waals surface area contributed by atoms with Gasteiger partial charge >= 0.3 is 0 Å². The van der Waals surface area contributed by atoms with Crippen LogP contribution >= 0.6 is 11.6 Å². The van der Waals surface area contributed by atoms with Crippen LogP contribution in [0.3, 0.4) is 0 Å². The highest BCUT2D eigenvalue weighted by Gasteiger charge is 2.30. The largest absolute Gasteiger partial charge is 0.496 e. The zero-order chi connectivity index (χ0) is 21.7. The molecule has 2 atom stereocenters. The zero-order valence-electron chi connectivity index (χ0n) is 16.4. The van der Waals surface area contributed by atoms with Gasteiger partial charge in [0.2, 0.25) is 11.8 Å². The van der Waals surface area contributed by atoms with Crippen molar-refractivity contribution >= 4 is 46.0 Å². The first-order valence-electron chi connectivity index (χ1n) is 9.52. The van der Waals surface area contributed by atoms with Crippen molar-refractivity contribution in [1.29, 1.82) is 0 Å². The maximum atomic E-state index is 12.4. The van der Waals surface area contributed by atoms with Gasteiger partial charge in [-0.25, -0.2) is 0 Å². The predicted octanol–water partition coefficient (Wildman–Crippen LogP) is 0.725. The van der Waals surface area contributed by atoms with E-state index < -0.39 is 17.9 Å². The fourth-order valence-electron chi connectivity index (χ4n) is 3.45. The maximum Gasteiger partial charge on any atom is 0.268 e. The van der Waals surface area contributed by atoms with Gasteiger partial charge in [-0.15, -0.1) is 11.6 Å². The van der Waals surface area contributed by atoms with E-state index >= 15 is 0 Å². The number of fused-ring (bicyclic) bond motifs is 1. The van der Waals surface area contributed by atoms with E-state index in [2.05, 4.69) is 20.9 Å². The smallest absolute Gasteiger partial charge is 0.268 e. The molecule has 1 saturated heterocycles. The number of halogens is 1. The lowest BCUT2D eigenvalue weighted by molar-refractivity contribution is -0.128. The molecular formula is C20H23ClN4O5. The number of carbonyl (C=O) groups is 4. The molecule has 2 aromatic rings. The third-order valence-corrected chi connectivity index (χ3v) is 5.30. The molecule has 30 heavy (non-hydrogen) atoms. The second-order valence-corrected chi connectivity index (χ2v) is 7.29. The number of methoxy groups -OCH3 is 1. The van der Waals surface area contributed by atoms with Gasteiger partial charge in [-0.3, -0.25) is 19.2 Å². The summed E-state index contributed by atoms with van der Waals surface area (Å²) in [6.45, 7) is 0.221. The van der Waals surface area contributed by atoms with Gasteiger partial charge in [0.05, 0.1) is 25.6 Å². The highest BCUT2D eigenvalue weighted by atomic mass is 35.5. The zero-order valence-corrected chi connectivity index (χ0v) is 17.2. The van der Waals surface area contributed by atoms with Gasteiger partial charge in [0, 0.05) is 23.4 Å². The molecule has 10 heteroatoms. The number of ketones is 1. The molecule has 1 aliphatic rings. The Hall–Kier alpha value is -3.07. The number of hydrogen-bond acceptors (Lipinski definition) is 5. The Kier molecular flexibility index (Phi) is 6.94. The van der Waals surface area contributed by atoms with E-state index in [1.807, 2.05) is 6.07 Å². The molecule has 0 aliphatic carbocycles. The molecule has 1 aromatic carbocycles. The average molecular weight is 435 g/mol. The van der Waals surface area contributed by atoms with Crippen molar-refractivity contribution in [2.24, 2.45) is 5.92 Å². The first kappa shape index (κ1) is 21.6. The maximum absolute atomic E-state index is 12.4. The summed E-state index contributed by atoms with van der Waals surface area (Å²) < 4.78 is 5.27. The summed E-state index contributed by atoms with van der Waals surface area (Å²) in [6, 6.07) is 6.15. The van der Waals surface area contributed by atoms with Crippen LogP contribution in [-0.4, -0.2) is 60.6 Å². The van der Waals surface area contributed by atoms with Crippen LogP contribution < -0.4 is 20.7 Å². The molecule has 3 rings (SSSR count). The van der Waals surface area contributed by atoms with Gasteiger partial charge in [-0.05, 0) is 31.0 Å². The molecule has 0 radical (unpaired) electrons. The molecule has 0 unspecified atom stereocenters. The molecule has 1 aliphatic heterocycles. The third kappa shape index (κ3) is 4.91. The van der Waals surface area contributed by atoms with Crippen molar-refractivity contribution in [3.63, 3.8) is 0 Å². The summed E-state index contributed by atoms with van der Waals surface area (Å²) in [5.74, 6) is -1.53. The summed E-state index contributed by atoms with van der Waals surface area (Å²) in [5, 5.41) is 8.53. The standard InChI is InChI=1S/C20H23ClN4O5/c1-30-17-4-2-3-13-12(17)8-15(24-13)20(29)23-10-18(27)25-14(16(26)9-21)7-11-5-6-22-19(11)28/h2-4,8,11,14,24H,5-7,9-10H2,1H3,(H,22,28)(H,23,29)(H,25,27)/t11-,14-/m0/s1. The summed E-state index contributed by atoms with van der Waals surface area (Å²) in [5.41, 5.74) is 1.00. The van der Waals surface area contributed by atoms with Crippen LogP contribution in [0.5, 0.6) is 5.75 Å². The van der Waals surface area contributed by atoms with Crippen LogP contribution in [0, 0.1) is 5.92 Å². The van der Waals surface area contributed by atoms with Crippen LogP contribution in [-0.2, 0) is 14.4 Å². The third-order valence-electron chi connectivity index (χ3n) is 5.04. The van der Waals surface area contributed by atoms with E-state index in [-0.39, 0.29) is 42.1 Å². The number of H-pyrrole nitrogens is 1. The molecular weight excluding hydrogens is 412 g/mol. The monoisotopic (exact) mass is 434 g/mol. The van der Waals surface area contributed by atoms with Gasteiger partial charge in [-0.1, -0.05) is 6.07 Å². The number of alkyl halides is 1. The van der Waals surface area contributed by atoms with Gasteiger partial charge < -0.3 is 25.7 Å². The summed E-state index contributed by atoms with van der Waals surface area (Å²) in [4.78, 5) is 51.5. The minimum Gasteiger partial charge on any atom is -0.496 e. The fraction of sp³-hybridized carbons (Fsp3) is 0.400. The van der Waals surface area contributed by atoms with Crippen LogP contribution in [0.4, 0.5) is 0 Å². The lowest BCUT2D eigenvalue weighted by atomic mass is 9.96. The molecule has 9 nitrogen and oxygen atoms in total. The number of rotatable bonds is 9. The quantitative estimate of drug-likeness (QED) is 0.432. The lowest BCUT2D eigenvalue weighted by Crippen LogP contribution is -2.47. The van der Waals surface area contributed by atoms with Crippen molar-refractivity contribution < 1.29 is 23.9 Å². The number of benzene rings is 1. The number of hydrogen-bond donors (Lipinski definition) is 4. The van der Waals surface area contributed by atoms with Crippen LogP contribution in [0.2, 0.25) is 0 Å². The second-order valence-electron chi connectivity index (χ2n) is 7.02. The number of aromatic nitrogens is 1. The second kappa shape index (κ2) is 9.62. The Morgan fingerprint density at radius 2 is 2.13 bits per heavy atom. The highest BCUT2D eigenvalue weighted by molar-refractivity contribution is 6.28. The van der Waals surface area contributed by atoms with E-state index in [1.54, 1.807) is 25.3 Å². The first-order valence-corrected chi connectivity index (χ1v) is 10.1. The van der Waals surface area contributed by atoms with Gasteiger partial charge in [0.1, 0.15) is 11.4 Å². The Morgan fingerprint density at radius 1 is 1.33 bits per heavy atom. The number of carbonyl (C=O) groups excluding carboxylic acids is 4. The Bertz CT molecular complexity index is 973.